The third-order valence-corrected chi connectivity index (χ3v) is 4.74. The van der Waals surface area contributed by atoms with Gasteiger partial charge < -0.3 is 19.3 Å². The fourth-order valence-corrected chi connectivity index (χ4v) is 3.07. The molecule has 0 spiro atoms. The average molecular weight is 347 g/mol. The second-order valence-electron chi connectivity index (χ2n) is 5.21. The Hall–Kier alpha value is -0.690. The number of hydrogen-bond donors (Lipinski definition) is 1. The summed E-state index contributed by atoms with van der Waals surface area (Å²) in [6.07, 6.45) is 3.47. The largest absolute Gasteiger partial charge is 0.481 e. The van der Waals surface area contributed by atoms with Crippen LogP contribution in [0, 0.1) is 11.8 Å². The van der Waals surface area contributed by atoms with Crippen LogP contribution in [0.5, 0.6) is 0 Å². The molecule has 1 saturated heterocycles. The summed E-state index contributed by atoms with van der Waals surface area (Å²) in [6.45, 7) is 3.59. The first-order valence-electron chi connectivity index (χ1n) is 6.45. The molecule has 0 aromatic rings. The molecule has 20 heavy (non-hydrogen) atoms. The van der Waals surface area contributed by atoms with Crippen LogP contribution in [0.15, 0.2) is 22.2 Å². The van der Waals surface area contributed by atoms with Crippen molar-refractivity contribution in [2.24, 2.45) is 11.8 Å². The lowest BCUT2D eigenvalue weighted by Crippen LogP contribution is -2.41. The third kappa shape index (κ3) is 2.57. The Morgan fingerprint density at radius 3 is 2.60 bits per heavy atom. The van der Waals surface area contributed by atoms with Crippen LogP contribution in [0.2, 0.25) is 0 Å². The molecule has 5 nitrogen and oxygen atoms in total. The number of halogens is 1. The molecule has 1 heterocycles. The Morgan fingerprint density at radius 2 is 2.10 bits per heavy atom. The van der Waals surface area contributed by atoms with E-state index in [4.69, 9.17) is 19.3 Å². The smallest absolute Gasteiger partial charge is 0.306 e. The number of methoxy groups -OCH3 is 2. The van der Waals surface area contributed by atoms with Crippen molar-refractivity contribution in [3.8, 4) is 0 Å². The van der Waals surface area contributed by atoms with Gasteiger partial charge in [0.1, 0.15) is 12.2 Å². The fourth-order valence-electron chi connectivity index (χ4n) is 2.39. The summed E-state index contributed by atoms with van der Waals surface area (Å²) in [5, 5.41) is 9.06. The minimum absolute atomic E-state index is 0.0918. The maximum Gasteiger partial charge on any atom is 0.306 e. The van der Waals surface area contributed by atoms with Gasteiger partial charge in [-0.2, -0.15) is 0 Å². The van der Waals surface area contributed by atoms with Crippen LogP contribution in [-0.2, 0) is 19.0 Å². The summed E-state index contributed by atoms with van der Waals surface area (Å²) in [5.74, 6) is -2.22. The SMILES string of the molecule is COC1(OC)C=C(Br)/C(=C/[C@H](C)[C@H](C)C(=O)O)[C@@H]2O[C@@H]21. The minimum Gasteiger partial charge on any atom is -0.481 e. The standard InChI is InChI=1S/C14H19BrO5/c1-7(8(2)13(16)17)5-9-10(15)6-14(18-3,19-4)12-11(9)20-12/h5-8,11-12H,1-4H3,(H,16,17)/b9-5-/t7-,8-,11-,12-/m0/s1. The molecule has 2 aliphatic rings. The Balaban J connectivity index is 2.26. The van der Waals surface area contributed by atoms with Crippen LogP contribution in [-0.4, -0.2) is 43.3 Å². The third-order valence-electron chi connectivity index (χ3n) is 4.06. The van der Waals surface area contributed by atoms with Crippen molar-refractivity contribution in [1.82, 2.24) is 0 Å². The molecular formula is C14H19BrO5. The van der Waals surface area contributed by atoms with Gasteiger partial charge in [0.25, 0.3) is 0 Å². The number of aliphatic carboxylic acids is 1. The van der Waals surface area contributed by atoms with E-state index in [0.29, 0.717) is 0 Å². The predicted molar refractivity (Wildman–Crippen MR) is 76.5 cm³/mol. The van der Waals surface area contributed by atoms with Gasteiger partial charge in [-0.3, -0.25) is 4.79 Å². The quantitative estimate of drug-likeness (QED) is 0.611. The molecule has 1 N–H and O–H groups in total. The summed E-state index contributed by atoms with van der Waals surface area (Å²) in [4.78, 5) is 11.0. The number of hydrogen-bond acceptors (Lipinski definition) is 4. The molecule has 2 rings (SSSR count). The zero-order valence-corrected chi connectivity index (χ0v) is 13.5. The van der Waals surface area contributed by atoms with Crippen LogP contribution in [0.3, 0.4) is 0 Å². The molecule has 1 aliphatic carbocycles. The molecule has 6 heteroatoms. The van der Waals surface area contributed by atoms with Crippen molar-refractivity contribution >= 4 is 21.9 Å². The van der Waals surface area contributed by atoms with Crippen molar-refractivity contribution in [3.63, 3.8) is 0 Å². The normalized spacial score (nSPS) is 32.2. The lowest BCUT2D eigenvalue weighted by molar-refractivity contribution is -0.183. The van der Waals surface area contributed by atoms with Gasteiger partial charge in [0.15, 0.2) is 0 Å². The molecule has 0 saturated carbocycles. The van der Waals surface area contributed by atoms with Gasteiger partial charge in [-0.25, -0.2) is 0 Å². The summed E-state index contributed by atoms with van der Waals surface area (Å²) < 4.78 is 17.3. The summed E-state index contributed by atoms with van der Waals surface area (Å²) in [5.41, 5.74) is 0.959. The first-order valence-corrected chi connectivity index (χ1v) is 7.24. The van der Waals surface area contributed by atoms with Gasteiger partial charge in [-0.15, -0.1) is 0 Å². The van der Waals surface area contributed by atoms with Gasteiger partial charge in [-0.1, -0.05) is 35.9 Å². The van der Waals surface area contributed by atoms with E-state index in [1.54, 1.807) is 21.1 Å². The van der Waals surface area contributed by atoms with E-state index in [0.717, 1.165) is 10.1 Å². The van der Waals surface area contributed by atoms with Gasteiger partial charge in [-0.05, 0) is 17.6 Å². The number of carbonyl (C=O) groups is 1. The van der Waals surface area contributed by atoms with E-state index in [9.17, 15) is 4.79 Å². The van der Waals surface area contributed by atoms with Crippen LogP contribution in [0.4, 0.5) is 0 Å². The van der Waals surface area contributed by atoms with Gasteiger partial charge in [0.2, 0.25) is 5.79 Å². The summed E-state index contributed by atoms with van der Waals surface area (Å²) >= 11 is 3.50. The molecule has 1 aliphatic heterocycles. The number of rotatable bonds is 5. The van der Waals surface area contributed by atoms with Crippen LogP contribution in [0.25, 0.3) is 0 Å². The van der Waals surface area contributed by atoms with E-state index >= 15 is 0 Å². The van der Waals surface area contributed by atoms with Crippen molar-refractivity contribution in [3.05, 3.63) is 22.2 Å². The highest BCUT2D eigenvalue weighted by atomic mass is 79.9. The van der Waals surface area contributed by atoms with E-state index in [1.165, 1.54) is 0 Å². The van der Waals surface area contributed by atoms with E-state index < -0.39 is 17.7 Å². The first-order chi connectivity index (χ1) is 9.36. The minimum atomic E-state index is -0.873. The molecular weight excluding hydrogens is 328 g/mol. The molecule has 0 amide bonds. The second kappa shape index (κ2) is 5.60. The fraction of sp³-hybridized carbons (Fsp3) is 0.643. The Labute approximate surface area is 126 Å². The van der Waals surface area contributed by atoms with E-state index in [2.05, 4.69) is 15.9 Å². The number of carboxylic acid groups (broad SMARTS) is 1. The van der Waals surface area contributed by atoms with Crippen molar-refractivity contribution in [2.45, 2.75) is 31.8 Å². The monoisotopic (exact) mass is 346 g/mol. The average Bonchev–Trinajstić information content (AvgIpc) is 3.21. The van der Waals surface area contributed by atoms with Crippen LogP contribution in [0.1, 0.15) is 13.8 Å². The molecule has 1 fully saturated rings. The number of epoxide rings is 1. The van der Waals surface area contributed by atoms with Gasteiger partial charge >= 0.3 is 5.97 Å². The van der Waals surface area contributed by atoms with Gasteiger partial charge in [0.05, 0.1) is 5.92 Å². The number of carboxylic acids is 1. The Morgan fingerprint density at radius 1 is 1.50 bits per heavy atom. The van der Waals surface area contributed by atoms with Crippen LogP contribution < -0.4 is 0 Å². The molecule has 0 bridgehead atoms. The molecule has 4 atom stereocenters. The maximum atomic E-state index is 11.0. The highest BCUT2D eigenvalue weighted by molar-refractivity contribution is 9.12. The molecule has 0 aromatic heterocycles. The van der Waals surface area contributed by atoms with Crippen molar-refractivity contribution in [2.75, 3.05) is 14.2 Å². The Bertz CT molecular complexity index is 466. The number of fused-ring (bicyclic) bond motifs is 1. The van der Waals surface area contributed by atoms with E-state index in [1.807, 2.05) is 19.1 Å². The first kappa shape index (κ1) is 15.7. The topological polar surface area (TPSA) is 68.3 Å². The highest BCUT2D eigenvalue weighted by Gasteiger charge is 2.60. The van der Waals surface area contributed by atoms with E-state index in [-0.39, 0.29) is 18.1 Å². The highest BCUT2D eigenvalue weighted by Crippen LogP contribution is 2.49. The maximum absolute atomic E-state index is 11.0. The molecule has 112 valence electrons. The second-order valence-corrected chi connectivity index (χ2v) is 6.06. The predicted octanol–water partition coefficient (Wildman–Crippen LogP) is 2.32. The Kier molecular flexibility index (Phi) is 4.39. The van der Waals surface area contributed by atoms with Crippen molar-refractivity contribution < 1.29 is 24.1 Å². The zero-order chi connectivity index (χ0) is 15.1. The van der Waals surface area contributed by atoms with Gasteiger partial charge in [0, 0.05) is 18.7 Å². The number of ether oxygens (including phenoxy) is 3. The molecule has 0 unspecified atom stereocenters. The summed E-state index contributed by atoms with van der Waals surface area (Å²) in [7, 11) is 3.14. The lowest BCUT2D eigenvalue weighted by Gasteiger charge is -2.29. The molecule has 0 radical (unpaired) electrons. The number of allylic oxidation sites excluding steroid dienone is 1. The van der Waals surface area contributed by atoms with Crippen LogP contribution >= 0.6 is 15.9 Å². The zero-order valence-electron chi connectivity index (χ0n) is 11.9. The van der Waals surface area contributed by atoms with Crippen molar-refractivity contribution in [1.29, 1.82) is 0 Å². The lowest BCUT2D eigenvalue weighted by atomic mass is 9.89. The molecule has 0 aromatic carbocycles. The summed E-state index contributed by atoms with van der Waals surface area (Å²) in [6, 6.07) is 0.